The molecular formula is C20H26N4O2S. The first-order valence-electron chi connectivity index (χ1n) is 9.57. The molecule has 6 nitrogen and oxygen atoms in total. The molecule has 1 saturated heterocycles. The van der Waals surface area contributed by atoms with Crippen LogP contribution in [-0.2, 0) is 11.2 Å². The second-order valence-electron chi connectivity index (χ2n) is 7.74. The fraction of sp³-hybridized carbons (Fsp3) is 0.550. The largest absolute Gasteiger partial charge is 0.497 e. The molecule has 2 heterocycles. The van der Waals surface area contributed by atoms with Crippen LogP contribution in [0.25, 0.3) is 0 Å². The highest BCUT2D eigenvalue weighted by Gasteiger charge is 2.50. The lowest BCUT2D eigenvalue weighted by atomic mass is 9.74. The normalized spacial score (nSPS) is 19.0. The number of methoxy groups -OCH3 is 1. The van der Waals surface area contributed by atoms with Crippen LogP contribution in [0.3, 0.4) is 0 Å². The van der Waals surface area contributed by atoms with E-state index in [1.165, 1.54) is 24.4 Å². The van der Waals surface area contributed by atoms with Crippen molar-refractivity contribution >= 4 is 22.6 Å². The molecule has 0 unspecified atom stereocenters. The van der Waals surface area contributed by atoms with Gasteiger partial charge >= 0.3 is 0 Å². The van der Waals surface area contributed by atoms with E-state index in [4.69, 9.17) is 4.74 Å². The Morgan fingerprint density at radius 2 is 2.15 bits per heavy atom. The molecule has 2 aliphatic rings. The number of amides is 1. The fourth-order valence-electron chi connectivity index (χ4n) is 4.15. The molecule has 0 spiro atoms. The Kier molecular flexibility index (Phi) is 5.04. The van der Waals surface area contributed by atoms with Crippen molar-refractivity contribution in [3.05, 3.63) is 35.7 Å². The van der Waals surface area contributed by atoms with E-state index in [0.717, 1.165) is 35.1 Å². The van der Waals surface area contributed by atoms with Crippen molar-refractivity contribution in [1.29, 1.82) is 0 Å². The summed E-state index contributed by atoms with van der Waals surface area (Å²) in [6.45, 7) is 3.25. The highest BCUT2D eigenvalue weighted by Crippen LogP contribution is 2.39. The minimum absolute atomic E-state index is 0.176. The van der Waals surface area contributed by atoms with Crippen LogP contribution < -0.4 is 15.0 Å². The third-order valence-corrected chi connectivity index (χ3v) is 6.49. The first-order chi connectivity index (χ1) is 13.1. The predicted molar refractivity (Wildman–Crippen MR) is 106 cm³/mol. The van der Waals surface area contributed by atoms with Gasteiger partial charge in [-0.1, -0.05) is 25.0 Å². The lowest BCUT2D eigenvalue weighted by Crippen LogP contribution is -2.65. The van der Waals surface area contributed by atoms with Crippen molar-refractivity contribution in [1.82, 2.24) is 14.7 Å². The summed E-state index contributed by atoms with van der Waals surface area (Å²) in [7, 11) is 1.67. The molecule has 27 heavy (non-hydrogen) atoms. The topological polar surface area (TPSA) is 67.3 Å². The Hall–Kier alpha value is -2.15. The van der Waals surface area contributed by atoms with Crippen molar-refractivity contribution in [2.45, 2.75) is 45.1 Å². The number of ether oxygens (including phenoxy) is 1. The van der Waals surface area contributed by atoms with Gasteiger partial charge in [0.15, 0.2) is 0 Å². The van der Waals surface area contributed by atoms with Crippen LogP contribution in [0.5, 0.6) is 5.75 Å². The van der Waals surface area contributed by atoms with Gasteiger partial charge in [-0.3, -0.25) is 4.79 Å². The minimum atomic E-state index is -0.422. The lowest BCUT2D eigenvalue weighted by molar-refractivity contribution is -0.133. The fourth-order valence-corrected chi connectivity index (χ4v) is 4.82. The van der Waals surface area contributed by atoms with Crippen LogP contribution in [0, 0.1) is 12.3 Å². The van der Waals surface area contributed by atoms with Gasteiger partial charge in [0.05, 0.1) is 12.5 Å². The maximum atomic E-state index is 13.2. The maximum absolute atomic E-state index is 13.2. The molecule has 1 aromatic carbocycles. The Morgan fingerprint density at radius 1 is 1.37 bits per heavy atom. The number of aryl methyl sites for hydroxylation is 1. The summed E-state index contributed by atoms with van der Waals surface area (Å²) in [5.74, 6) is 1.79. The summed E-state index contributed by atoms with van der Waals surface area (Å²) in [4.78, 5) is 19.9. The first-order valence-corrected chi connectivity index (χ1v) is 10.3. The zero-order chi connectivity index (χ0) is 18.9. The van der Waals surface area contributed by atoms with Crippen LogP contribution in [-0.4, -0.2) is 41.5 Å². The van der Waals surface area contributed by atoms with E-state index in [1.54, 1.807) is 7.11 Å². The standard InChI is InChI=1S/C20H26N4O2S/c1-14-21-19(27-23-14)24-12-20(13-24,18(25)22-16-7-3-4-8-16)11-15-6-5-9-17(10-15)26-2/h5-6,9-10,16H,3-4,7-8,11-13H2,1-2H3,(H,22,25). The minimum Gasteiger partial charge on any atom is -0.497 e. The second kappa shape index (κ2) is 7.46. The Balaban J connectivity index is 1.52. The van der Waals surface area contributed by atoms with E-state index in [-0.39, 0.29) is 5.91 Å². The number of rotatable bonds is 6. The monoisotopic (exact) mass is 386 g/mol. The van der Waals surface area contributed by atoms with Crippen LogP contribution >= 0.6 is 11.5 Å². The summed E-state index contributed by atoms with van der Waals surface area (Å²) in [6, 6.07) is 8.36. The molecule has 0 radical (unpaired) electrons. The quantitative estimate of drug-likeness (QED) is 0.827. The molecule has 1 aliphatic heterocycles. The summed E-state index contributed by atoms with van der Waals surface area (Å²) in [5.41, 5.74) is 0.707. The Labute approximate surface area is 164 Å². The molecule has 144 valence electrons. The van der Waals surface area contributed by atoms with Crippen LogP contribution in [0.1, 0.15) is 37.1 Å². The SMILES string of the molecule is COc1cccc(CC2(C(=O)NC3CCCC3)CN(c3nc(C)ns3)C2)c1. The van der Waals surface area contributed by atoms with Gasteiger partial charge in [0, 0.05) is 30.7 Å². The number of carbonyl (C=O) groups is 1. The number of hydrogen-bond donors (Lipinski definition) is 1. The number of nitrogens with zero attached hydrogens (tertiary/aromatic N) is 3. The molecule has 1 saturated carbocycles. The highest BCUT2D eigenvalue weighted by atomic mass is 32.1. The second-order valence-corrected chi connectivity index (χ2v) is 8.47. The van der Waals surface area contributed by atoms with Crippen molar-refractivity contribution in [2.75, 3.05) is 25.1 Å². The molecule has 0 atom stereocenters. The Bertz CT molecular complexity index is 810. The van der Waals surface area contributed by atoms with Gasteiger partial charge in [-0.2, -0.15) is 4.37 Å². The number of benzene rings is 1. The molecule has 1 N–H and O–H groups in total. The summed E-state index contributed by atoms with van der Waals surface area (Å²) >= 11 is 1.40. The van der Waals surface area contributed by atoms with Gasteiger partial charge in [-0.15, -0.1) is 0 Å². The van der Waals surface area contributed by atoms with Crippen LogP contribution in [0.15, 0.2) is 24.3 Å². The molecule has 1 aromatic heterocycles. The molecule has 4 rings (SSSR count). The maximum Gasteiger partial charge on any atom is 0.230 e. The molecule has 0 bridgehead atoms. The van der Waals surface area contributed by atoms with Crippen molar-refractivity contribution in [3.63, 3.8) is 0 Å². The molecular weight excluding hydrogens is 360 g/mol. The Morgan fingerprint density at radius 3 is 2.81 bits per heavy atom. The molecule has 1 amide bonds. The first kappa shape index (κ1) is 18.2. The average Bonchev–Trinajstić information content (AvgIpc) is 3.29. The summed E-state index contributed by atoms with van der Waals surface area (Å²) < 4.78 is 9.63. The van der Waals surface area contributed by atoms with Crippen molar-refractivity contribution < 1.29 is 9.53 Å². The van der Waals surface area contributed by atoms with Gasteiger partial charge in [-0.25, -0.2) is 4.98 Å². The number of nitrogens with one attached hydrogen (secondary N) is 1. The lowest BCUT2D eigenvalue weighted by Gasteiger charge is -2.49. The summed E-state index contributed by atoms with van der Waals surface area (Å²) in [5, 5.41) is 4.22. The molecule has 2 aromatic rings. The predicted octanol–water partition coefficient (Wildman–Crippen LogP) is 2.96. The van der Waals surface area contributed by atoms with E-state index < -0.39 is 5.41 Å². The van der Waals surface area contributed by atoms with Gasteiger partial charge in [-0.05, 0) is 43.9 Å². The highest BCUT2D eigenvalue weighted by molar-refractivity contribution is 7.09. The van der Waals surface area contributed by atoms with E-state index in [1.807, 2.05) is 25.1 Å². The number of hydrogen-bond acceptors (Lipinski definition) is 6. The van der Waals surface area contributed by atoms with Gasteiger partial charge in [0.25, 0.3) is 0 Å². The van der Waals surface area contributed by atoms with Gasteiger partial charge in [0.1, 0.15) is 11.6 Å². The summed E-state index contributed by atoms with van der Waals surface area (Å²) in [6.07, 6.45) is 5.33. The smallest absolute Gasteiger partial charge is 0.230 e. The third-order valence-electron chi connectivity index (χ3n) is 5.62. The van der Waals surface area contributed by atoms with E-state index >= 15 is 0 Å². The van der Waals surface area contributed by atoms with Crippen LogP contribution in [0.4, 0.5) is 5.13 Å². The third kappa shape index (κ3) is 3.78. The number of carbonyl (C=O) groups excluding carboxylic acids is 1. The van der Waals surface area contributed by atoms with Crippen LogP contribution in [0.2, 0.25) is 0 Å². The zero-order valence-corrected chi connectivity index (χ0v) is 16.7. The molecule has 7 heteroatoms. The zero-order valence-electron chi connectivity index (χ0n) is 15.9. The van der Waals surface area contributed by atoms with E-state index in [9.17, 15) is 4.79 Å². The van der Waals surface area contributed by atoms with Crippen molar-refractivity contribution in [3.8, 4) is 5.75 Å². The number of anilines is 1. The average molecular weight is 387 g/mol. The van der Waals surface area contributed by atoms with Gasteiger partial charge in [0.2, 0.25) is 11.0 Å². The van der Waals surface area contributed by atoms with Gasteiger partial charge < -0.3 is 15.0 Å². The van der Waals surface area contributed by atoms with E-state index in [2.05, 4.69) is 25.6 Å². The van der Waals surface area contributed by atoms with Crippen molar-refractivity contribution in [2.24, 2.45) is 5.41 Å². The molecule has 1 aliphatic carbocycles. The number of aromatic nitrogens is 2. The molecule has 2 fully saturated rings. The van der Waals surface area contributed by atoms with E-state index in [0.29, 0.717) is 25.6 Å².